The Morgan fingerprint density at radius 1 is 1.41 bits per heavy atom. The van der Waals surface area contributed by atoms with Gasteiger partial charge in [0.1, 0.15) is 5.82 Å². The Morgan fingerprint density at radius 2 is 2.12 bits per heavy atom. The van der Waals surface area contributed by atoms with Gasteiger partial charge in [0.2, 0.25) is 0 Å². The molecule has 0 saturated carbocycles. The highest BCUT2D eigenvalue weighted by Crippen LogP contribution is 2.23. The third-order valence-corrected chi connectivity index (χ3v) is 2.68. The number of halogens is 1. The van der Waals surface area contributed by atoms with Crippen molar-refractivity contribution in [2.75, 3.05) is 36.4 Å². The number of nitrogens with one attached hydrogen (secondary N) is 3. The van der Waals surface area contributed by atoms with Crippen LogP contribution in [-0.2, 0) is 0 Å². The molecular weight excluding hydrogens is 221 g/mol. The molecule has 5 nitrogen and oxygen atoms in total. The fourth-order valence-corrected chi connectivity index (χ4v) is 1.90. The zero-order valence-electron chi connectivity index (χ0n) is 9.46. The number of rotatable bonds is 2. The van der Waals surface area contributed by atoms with E-state index in [-0.39, 0.29) is 11.8 Å². The molecule has 92 valence electrons. The van der Waals surface area contributed by atoms with Crippen molar-refractivity contribution >= 4 is 17.3 Å². The minimum absolute atomic E-state index is 0.195. The molecule has 0 bridgehead atoms. The van der Waals surface area contributed by atoms with Crippen LogP contribution >= 0.6 is 0 Å². The molecule has 0 amide bonds. The monoisotopic (exact) mass is 237 g/mol. The van der Waals surface area contributed by atoms with Gasteiger partial charge in [0, 0.05) is 31.9 Å². The molecule has 0 atom stereocenters. The number of benzene rings is 1. The first-order valence-corrected chi connectivity index (χ1v) is 5.53. The Labute approximate surface area is 99.3 Å². The van der Waals surface area contributed by atoms with Crippen LogP contribution in [0.1, 0.15) is 0 Å². The first-order valence-electron chi connectivity index (χ1n) is 5.53. The third kappa shape index (κ3) is 2.85. The Kier molecular flexibility index (Phi) is 3.43. The lowest BCUT2D eigenvalue weighted by molar-refractivity contribution is 0.566. The fourth-order valence-electron chi connectivity index (χ4n) is 1.90. The number of piperazine rings is 1. The van der Waals surface area contributed by atoms with Crippen molar-refractivity contribution in [3.8, 4) is 0 Å². The first kappa shape index (κ1) is 11.7. The van der Waals surface area contributed by atoms with Gasteiger partial charge in [-0.2, -0.15) is 0 Å². The van der Waals surface area contributed by atoms with Crippen LogP contribution in [0, 0.1) is 11.2 Å². The van der Waals surface area contributed by atoms with Gasteiger partial charge in [0.15, 0.2) is 5.96 Å². The Balaban J connectivity index is 2.15. The molecule has 0 aromatic heterocycles. The number of nitrogens with zero attached hydrogens (tertiary/aromatic N) is 1. The lowest BCUT2D eigenvalue weighted by atomic mass is 10.2. The highest BCUT2D eigenvalue weighted by atomic mass is 19.1. The molecule has 2 rings (SSSR count). The van der Waals surface area contributed by atoms with E-state index >= 15 is 0 Å². The molecule has 0 spiro atoms. The van der Waals surface area contributed by atoms with Crippen molar-refractivity contribution in [3.63, 3.8) is 0 Å². The van der Waals surface area contributed by atoms with Crippen molar-refractivity contribution in [1.82, 2.24) is 5.32 Å². The smallest absolute Gasteiger partial charge is 0.190 e. The maximum atomic E-state index is 13.9. The standard InChI is InChI=1S/C11H16FN5/c12-9-7-8(16-11(13)14)1-2-10(9)17-5-3-15-4-6-17/h1-2,7,15H,3-6H2,(H4,13,14,16). The summed E-state index contributed by atoms with van der Waals surface area (Å²) in [7, 11) is 0. The number of anilines is 2. The maximum Gasteiger partial charge on any atom is 0.190 e. The molecule has 6 heteroatoms. The van der Waals surface area contributed by atoms with E-state index in [2.05, 4.69) is 10.6 Å². The quantitative estimate of drug-likeness (QED) is 0.447. The summed E-state index contributed by atoms with van der Waals surface area (Å²) in [6, 6.07) is 4.80. The summed E-state index contributed by atoms with van der Waals surface area (Å²) in [6.45, 7) is 3.34. The van der Waals surface area contributed by atoms with Crippen LogP contribution in [0.2, 0.25) is 0 Å². The largest absolute Gasteiger partial charge is 0.370 e. The predicted molar refractivity (Wildman–Crippen MR) is 67.0 cm³/mol. The van der Waals surface area contributed by atoms with Gasteiger partial charge in [-0.25, -0.2) is 4.39 Å². The maximum absolute atomic E-state index is 13.9. The number of guanidine groups is 1. The average molecular weight is 237 g/mol. The average Bonchev–Trinajstić information content (AvgIpc) is 2.29. The zero-order chi connectivity index (χ0) is 12.3. The summed E-state index contributed by atoms with van der Waals surface area (Å²) in [4.78, 5) is 2.00. The van der Waals surface area contributed by atoms with Gasteiger partial charge in [-0.1, -0.05) is 0 Å². The Hall–Kier alpha value is -1.82. The van der Waals surface area contributed by atoms with Gasteiger partial charge >= 0.3 is 0 Å². The number of hydrogen-bond acceptors (Lipinski definition) is 3. The molecule has 0 aliphatic carbocycles. The van der Waals surface area contributed by atoms with E-state index in [1.54, 1.807) is 12.1 Å². The van der Waals surface area contributed by atoms with Crippen LogP contribution in [0.4, 0.5) is 15.8 Å². The van der Waals surface area contributed by atoms with Gasteiger partial charge in [-0.05, 0) is 18.2 Å². The van der Waals surface area contributed by atoms with Crippen molar-refractivity contribution < 1.29 is 4.39 Å². The molecule has 0 unspecified atom stereocenters. The molecule has 1 fully saturated rings. The summed E-state index contributed by atoms with van der Waals surface area (Å²) < 4.78 is 13.9. The van der Waals surface area contributed by atoms with Crippen molar-refractivity contribution in [2.45, 2.75) is 0 Å². The van der Waals surface area contributed by atoms with Gasteiger partial charge in [-0.15, -0.1) is 0 Å². The van der Waals surface area contributed by atoms with Crippen molar-refractivity contribution in [3.05, 3.63) is 24.0 Å². The minimum Gasteiger partial charge on any atom is -0.370 e. The van der Waals surface area contributed by atoms with Crippen molar-refractivity contribution in [1.29, 1.82) is 5.41 Å². The molecule has 1 aromatic rings. The summed E-state index contributed by atoms with van der Waals surface area (Å²) in [6.07, 6.45) is 0. The van der Waals surface area contributed by atoms with Crippen LogP contribution < -0.4 is 21.3 Å². The highest BCUT2D eigenvalue weighted by Gasteiger charge is 2.14. The van der Waals surface area contributed by atoms with Gasteiger partial charge in [0.25, 0.3) is 0 Å². The number of nitrogens with two attached hydrogens (primary N) is 1. The van der Waals surface area contributed by atoms with E-state index in [4.69, 9.17) is 11.1 Å². The predicted octanol–water partition coefficient (Wildman–Crippen LogP) is 0.541. The normalized spacial score (nSPS) is 15.7. The van der Waals surface area contributed by atoms with E-state index in [9.17, 15) is 4.39 Å². The topological polar surface area (TPSA) is 77.2 Å². The van der Waals surface area contributed by atoms with E-state index in [0.29, 0.717) is 11.4 Å². The Bertz CT molecular complexity index is 414. The van der Waals surface area contributed by atoms with Crippen molar-refractivity contribution in [2.24, 2.45) is 5.73 Å². The van der Waals surface area contributed by atoms with Crippen LogP contribution in [0.15, 0.2) is 18.2 Å². The van der Waals surface area contributed by atoms with E-state index in [1.807, 2.05) is 4.90 Å². The second-order valence-corrected chi connectivity index (χ2v) is 3.94. The molecule has 1 aliphatic rings. The lowest BCUT2D eigenvalue weighted by Crippen LogP contribution is -2.43. The third-order valence-electron chi connectivity index (χ3n) is 2.68. The second-order valence-electron chi connectivity index (χ2n) is 3.94. The first-order chi connectivity index (χ1) is 8.16. The molecule has 1 heterocycles. The van der Waals surface area contributed by atoms with E-state index < -0.39 is 0 Å². The Morgan fingerprint density at radius 3 is 2.71 bits per heavy atom. The van der Waals surface area contributed by atoms with Gasteiger partial charge in [0.05, 0.1) is 5.69 Å². The summed E-state index contributed by atoms with van der Waals surface area (Å²) in [5.41, 5.74) is 6.28. The van der Waals surface area contributed by atoms with Crippen LogP contribution in [0.3, 0.4) is 0 Å². The molecule has 5 N–H and O–H groups in total. The molecule has 0 radical (unpaired) electrons. The van der Waals surface area contributed by atoms with Gasteiger partial charge < -0.3 is 21.3 Å². The van der Waals surface area contributed by atoms with Crippen LogP contribution in [0.5, 0.6) is 0 Å². The van der Waals surface area contributed by atoms with E-state index in [0.717, 1.165) is 26.2 Å². The fraction of sp³-hybridized carbons (Fsp3) is 0.364. The summed E-state index contributed by atoms with van der Waals surface area (Å²) in [5.74, 6) is -0.488. The summed E-state index contributed by atoms with van der Waals surface area (Å²) in [5, 5.41) is 12.9. The summed E-state index contributed by atoms with van der Waals surface area (Å²) >= 11 is 0. The molecule has 1 aliphatic heterocycles. The SMILES string of the molecule is N=C(N)Nc1ccc(N2CCNCC2)c(F)c1. The lowest BCUT2D eigenvalue weighted by Gasteiger charge is -2.29. The van der Waals surface area contributed by atoms with Crippen LogP contribution in [-0.4, -0.2) is 32.1 Å². The van der Waals surface area contributed by atoms with E-state index in [1.165, 1.54) is 6.07 Å². The van der Waals surface area contributed by atoms with Crippen LogP contribution in [0.25, 0.3) is 0 Å². The number of hydrogen-bond donors (Lipinski definition) is 4. The molecule has 17 heavy (non-hydrogen) atoms. The highest BCUT2D eigenvalue weighted by molar-refractivity contribution is 5.89. The van der Waals surface area contributed by atoms with Gasteiger partial charge in [-0.3, -0.25) is 5.41 Å². The zero-order valence-corrected chi connectivity index (χ0v) is 9.46. The second kappa shape index (κ2) is 5.01. The molecule has 1 saturated heterocycles. The molecule has 1 aromatic carbocycles. The minimum atomic E-state index is -0.293. The molecular formula is C11H16FN5.